The molecular formula is C17H30N2O. The molecule has 0 spiro atoms. The van der Waals surface area contributed by atoms with Crippen LogP contribution in [0.2, 0.25) is 0 Å². The molecule has 114 valence electrons. The van der Waals surface area contributed by atoms with Crippen molar-refractivity contribution < 1.29 is 5.11 Å². The molecule has 3 heteroatoms. The van der Waals surface area contributed by atoms with E-state index in [4.69, 9.17) is 5.73 Å². The average Bonchev–Trinajstić information content (AvgIpc) is 2.50. The second-order valence-corrected chi connectivity index (χ2v) is 5.66. The maximum absolute atomic E-state index is 9.79. The summed E-state index contributed by atoms with van der Waals surface area (Å²) in [6.45, 7) is 7.22. The van der Waals surface area contributed by atoms with Crippen LogP contribution in [0.4, 0.5) is 0 Å². The van der Waals surface area contributed by atoms with Crippen LogP contribution in [0.25, 0.3) is 0 Å². The molecule has 20 heavy (non-hydrogen) atoms. The van der Waals surface area contributed by atoms with Crippen LogP contribution in [0.15, 0.2) is 30.3 Å². The molecule has 1 aromatic rings. The van der Waals surface area contributed by atoms with Gasteiger partial charge in [0.2, 0.25) is 0 Å². The molecule has 1 unspecified atom stereocenters. The highest BCUT2D eigenvalue weighted by molar-refractivity contribution is 5.24. The molecule has 0 bridgehead atoms. The molecule has 0 aliphatic heterocycles. The maximum Gasteiger partial charge on any atom is 0.0772 e. The molecule has 1 rings (SSSR count). The predicted octanol–water partition coefficient (Wildman–Crippen LogP) is 2.74. The molecule has 0 aliphatic carbocycles. The molecule has 0 saturated heterocycles. The van der Waals surface area contributed by atoms with Crippen molar-refractivity contribution in [2.24, 2.45) is 5.73 Å². The first-order chi connectivity index (χ1) is 9.66. The SMILES string of the molecule is CCCCN(CCCC)CC(N)(CO)c1ccccc1. The largest absolute Gasteiger partial charge is 0.394 e. The van der Waals surface area contributed by atoms with Crippen molar-refractivity contribution in [3.63, 3.8) is 0 Å². The molecule has 3 N–H and O–H groups in total. The van der Waals surface area contributed by atoms with E-state index in [9.17, 15) is 5.11 Å². The standard InChI is InChI=1S/C17H30N2O/c1-3-5-12-19(13-6-4-2)14-17(18,15-20)16-10-8-7-9-11-16/h7-11,20H,3-6,12-15,18H2,1-2H3. The molecule has 0 fully saturated rings. The minimum Gasteiger partial charge on any atom is -0.394 e. The van der Waals surface area contributed by atoms with Crippen molar-refractivity contribution in [1.29, 1.82) is 0 Å². The van der Waals surface area contributed by atoms with Crippen molar-refractivity contribution in [1.82, 2.24) is 4.90 Å². The Hall–Kier alpha value is -0.900. The lowest BCUT2D eigenvalue weighted by Gasteiger charge is -2.34. The van der Waals surface area contributed by atoms with Gasteiger partial charge < -0.3 is 15.7 Å². The summed E-state index contributed by atoms with van der Waals surface area (Å²) < 4.78 is 0. The van der Waals surface area contributed by atoms with Crippen LogP contribution in [0.1, 0.15) is 45.1 Å². The van der Waals surface area contributed by atoms with E-state index in [2.05, 4.69) is 18.7 Å². The number of nitrogens with two attached hydrogens (primary N) is 1. The van der Waals surface area contributed by atoms with Gasteiger partial charge in [-0.2, -0.15) is 0 Å². The highest BCUT2D eigenvalue weighted by Gasteiger charge is 2.28. The summed E-state index contributed by atoms with van der Waals surface area (Å²) in [4.78, 5) is 2.40. The first kappa shape index (κ1) is 17.2. The van der Waals surface area contributed by atoms with Crippen molar-refractivity contribution in [3.8, 4) is 0 Å². The second-order valence-electron chi connectivity index (χ2n) is 5.66. The van der Waals surface area contributed by atoms with Crippen LogP contribution in [0.5, 0.6) is 0 Å². The fraction of sp³-hybridized carbons (Fsp3) is 0.647. The summed E-state index contributed by atoms with van der Waals surface area (Å²) in [5.41, 5.74) is 6.82. The highest BCUT2D eigenvalue weighted by Crippen LogP contribution is 2.19. The fourth-order valence-corrected chi connectivity index (χ4v) is 2.44. The number of aliphatic hydroxyl groups excluding tert-OH is 1. The Morgan fingerprint density at radius 2 is 1.60 bits per heavy atom. The van der Waals surface area contributed by atoms with E-state index in [-0.39, 0.29) is 6.61 Å². The molecule has 0 aliphatic rings. The number of nitrogens with zero attached hydrogens (tertiary/aromatic N) is 1. The van der Waals surface area contributed by atoms with E-state index >= 15 is 0 Å². The molecular weight excluding hydrogens is 248 g/mol. The van der Waals surface area contributed by atoms with Gasteiger partial charge in [-0.1, -0.05) is 57.0 Å². The van der Waals surface area contributed by atoms with Gasteiger partial charge in [-0.3, -0.25) is 0 Å². The molecule has 0 saturated carbocycles. The second kappa shape index (κ2) is 9.11. The zero-order valence-electron chi connectivity index (χ0n) is 13.0. The normalized spacial score (nSPS) is 14.4. The lowest BCUT2D eigenvalue weighted by molar-refractivity contribution is 0.133. The smallest absolute Gasteiger partial charge is 0.0772 e. The maximum atomic E-state index is 9.79. The van der Waals surface area contributed by atoms with E-state index in [1.165, 1.54) is 25.7 Å². The Morgan fingerprint density at radius 1 is 1.05 bits per heavy atom. The van der Waals surface area contributed by atoms with Crippen molar-refractivity contribution in [2.45, 2.75) is 45.1 Å². The Kier molecular flexibility index (Phi) is 7.82. The van der Waals surface area contributed by atoms with E-state index in [0.29, 0.717) is 6.54 Å². The Balaban J connectivity index is 2.75. The van der Waals surface area contributed by atoms with E-state index in [0.717, 1.165) is 18.7 Å². The monoisotopic (exact) mass is 278 g/mol. The number of hydrogen-bond donors (Lipinski definition) is 2. The third-order valence-corrected chi connectivity index (χ3v) is 3.79. The van der Waals surface area contributed by atoms with Crippen LogP contribution < -0.4 is 5.73 Å². The van der Waals surface area contributed by atoms with Crippen LogP contribution in [-0.2, 0) is 5.54 Å². The van der Waals surface area contributed by atoms with Crippen LogP contribution in [-0.4, -0.2) is 36.2 Å². The molecule has 0 aromatic heterocycles. The Bertz CT molecular complexity index is 347. The van der Waals surface area contributed by atoms with Gasteiger partial charge in [0.05, 0.1) is 12.1 Å². The van der Waals surface area contributed by atoms with Gasteiger partial charge in [0.15, 0.2) is 0 Å². The lowest BCUT2D eigenvalue weighted by Crippen LogP contribution is -2.50. The summed E-state index contributed by atoms with van der Waals surface area (Å²) in [7, 11) is 0. The number of hydrogen-bond acceptors (Lipinski definition) is 3. The highest BCUT2D eigenvalue weighted by atomic mass is 16.3. The predicted molar refractivity (Wildman–Crippen MR) is 85.6 cm³/mol. The topological polar surface area (TPSA) is 49.5 Å². The average molecular weight is 278 g/mol. The van der Waals surface area contributed by atoms with E-state index in [1.807, 2.05) is 30.3 Å². The van der Waals surface area contributed by atoms with Gasteiger partial charge in [-0.25, -0.2) is 0 Å². The summed E-state index contributed by atoms with van der Waals surface area (Å²) >= 11 is 0. The summed E-state index contributed by atoms with van der Waals surface area (Å²) in [6.07, 6.45) is 4.73. The van der Waals surface area contributed by atoms with Crippen LogP contribution in [0, 0.1) is 0 Å². The quantitative estimate of drug-likeness (QED) is 0.692. The number of rotatable bonds is 10. The Morgan fingerprint density at radius 3 is 2.05 bits per heavy atom. The van der Waals surface area contributed by atoms with Crippen molar-refractivity contribution >= 4 is 0 Å². The summed E-state index contributed by atoms with van der Waals surface area (Å²) in [6, 6.07) is 9.96. The molecule has 1 atom stereocenters. The fourth-order valence-electron chi connectivity index (χ4n) is 2.44. The number of aliphatic hydroxyl groups is 1. The minimum atomic E-state index is -0.664. The zero-order chi connectivity index (χ0) is 14.8. The first-order valence-corrected chi connectivity index (χ1v) is 7.84. The van der Waals surface area contributed by atoms with E-state index in [1.54, 1.807) is 0 Å². The van der Waals surface area contributed by atoms with Crippen LogP contribution in [0.3, 0.4) is 0 Å². The number of benzene rings is 1. The van der Waals surface area contributed by atoms with Crippen molar-refractivity contribution in [2.75, 3.05) is 26.2 Å². The van der Waals surface area contributed by atoms with Gasteiger partial charge in [0.25, 0.3) is 0 Å². The molecule has 0 amide bonds. The lowest BCUT2D eigenvalue weighted by atomic mass is 9.91. The molecule has 1 aromatic carbocycles. The van der Waals surface area contributed by atoms with Gasteiger partial charge in [-0.05, 0) is 31.5 Å². The van der Waals surface area contributed by atoms with Gasteiger partial charge in [0, 0.05) is 6.54 Å². The molecule has 0 radical (unpaired) electrons. The van der Waals surface area contributed by atoms with E-state index < -0.39 is 5.54 Å². The van der Waals surface area contributed by atoms with Crippen molar-refractivity contribution in [3.05, 3.63) is 35.9 Å². The third kappa shape index (κ3) is 5.23. The molecule has 3 nitrogen and oxygen atoms in total. The van der Waals surface area contributed by atoms with Crippen LogP contribution >= 0.6 is 0 Å². The van der Waals surface area contributed by atoms with Gasteiger partial charge in [0.1, 0.15) is 0 Å². The minimum absolute atomic E-state index is 0.0221. The molecule has 0 heterocycles. The van der Waals surface area contributed by atoms with Gasteiger partial charge in [-0.15, -0.1) is 0 Å². The summed E-state index contributed by atoms with van der Waals surface area (Å²) in [5.74, 6) is 0. The number of unbranched alkanes of at least 4 members (excludes halogenated alkanes) is 2. The zero-order valence-corrected chi connectivity index (χ0v) is 13.0. The summed E-state index contributed by atoms with van der Waals surface area (Å²) in [5, 5.41) is 9.79. The first-order valence-electron chi connectivity index (χ1n) is 7.84. The Labute approximate surface area is 123 Å². The third-order valence-electron chi connectivity index (χ3n) is 3.79. The van der Waals surface area contributed by atoms with Gasteiger partial charge >= 0.3 is 0 Å².